The first-order valence-corrected chi connectivity index (χ1v) is 6.05. The Balaban J connectivity index is 2.69. The van der Waals surface area contributed by atoms with Crippen molar-refractivity contribution in [3.63, 3.8) is 0 Å². The molecular weight excluding hydrogens is 206 g/mol. The molecule has 0 unspecified atom stereocenters. The maximum Gasteiger partial charge on any atom is 0.0408 e. The predicted octanol–water partition coefficient (Wildman–Crippen LogP) is 3.83. The van der Waals surface area contributed by atoms with Crippen LogP contribution in [0.15, 0.2) is 24.3 Å². The normalized spacial score (nSPS) is 12.7. The average Bonchev–Trinajstić information content (AvgIpc) is 2.24. The van der Waals surface area contributed by atoms with Crippen LogP contribution in [0.3, 0.4) is 0 Å². The Morgan fingerprint density at radius 2 is 2.13 bits per heavy atom. The first-order valence-electron chi connectivity index (χ1n) is 5.68. The highest BCUT2D eigenvalue weighted by molar-refractivity contribution is 6.30. The molecule has 1 N–H and O–H groups in total. The number of hydrogen-bond acceptors (Lipinski definition) is 1. The minimum atomic E-state index is 0.640. The molecule has 0 aliphatic heterocycles. The fourth-order valence-corrected chi connectivity index (χ4v) is 2.10. The Morgan fingerprint density at radius 3 is 2.73 bits per heavy atom. The van der Waals surface area contributed by atoms with Crippen molar-refractivity contribution in [2.24, 2.45) is 0 Å². The van der Waals surface area contributed by atoms with Gasteiger partial charge in [-0.15, -0.1) is 0 Å². The number of halogens is 1. The lowest BCUT2D eigenvalue weighted by atomic mass is 9.91. The van der Waals surface area contributed by atoms with E-state index in [1.807, 2.05) is 19.2 Å². The molecule has 15 heavy (non-hydrogen) atoms. The Labute approximate surface area is 97.8 Å². The quantitative estimate of drug-likeness (QED) is 0.776. The van der Waals surface area contributed by atoms with Crippen LogP contribution in [0.25, 0.3) is 0 Å². The van der Waals surface area contributed by atoms with Gasteiger partial charge in [-0.05, 0) is 50.0 Å². The summed E-state index contributed by atoms with van der Waals surface area (Å²) in [6.45, 7) is 3.30. The molecule has 0 fully saturated rings. The summed E-state index contributed by atoms with van der Waals surface area (Å²) < 4.78 is 0. The zero-order valence-corrected chi connectivity index (χ0v) is 10.3. The molecule has 0 saturated carbocycles. The summed E-state index contributed by atoms with van der Waals surface area (Å²) >= 11 is 6.01. The second kappa shape index (κ2) is 6.86. The molecule has 0 radical (unpaired) electrons. The van der Waals surface area contributed by atoms with E-state index in [0.717, 1.165) is 11.6 Å². The third kappa shape index (κ3) is 4.23. The van der Waals surface area contributed by atoms with E-state index in [0.29, 0.717) is 5.92 Å². The van der Waals surface area contributed by atoms with E-state index < -0.39 is 0 Å². The van der Waals surface area contributed by atoms with E-state index in [4.69, 9.17) is 11.6 Å². The van der Waals surface area contributed by atoms with Gasteiger partial charge in [0.05, 0.1) is 0 Å². The van der Waals surface area contributed by atoms with E-state index in [1.165, 1.54) is 24.8 Å². The molecule has 0 spiro atoms. The zero-order chi connectivity index (χ0) is 11.1. The van der Waals surface area contributed by atoms with Crippen molar-refractivity contribution in [1.82, 2.24) is 5.32 Å². The minimum absolute atomic E-state index is 0.640. The van der Waals surface area contributed by atoms with Crippen molar-refractivity contribution in [2.75, 3.05) is 13.6 Å². The summed E-state index contributed by atoms with van der Waals surface area (Å²) in [5.74, 6) is 0.640. The monoisotopic (exact) mass is 225 g/mol. The average molecular weight is 226 g/mol. The van der Waals surface area contributed by atoms with Gasteiger partial charge in [0.2, 0.25) is 0 Å². The van der Waals surface area contributed by atoms with Crippen LogP contribution in [0.5, 0.6) is 0 Å². The molecule has 1 rings (SSSR count). The molecule has 1 atom stereocenters. The molecule has 0 aliphatic carbocycles. The Bertz CT molecular complexity index is 286. The summed E-state index contributed by atoms with van der Waals surface area (Å²) in [4.78, 5) is 0. The highest BCUT2D eigenvalue weighted by Gasteiger charge is 2.09. The van der Waals surface area contributed by atoms with Crippen LogP contribution in [-0.4, -0.2) is 13.6 Å². The maximum atomic E-state index is 6.01. The summed E-state index contributed by atoms with van der Waals surface area (Å²) in [6, 6.07) is 8.26. The van der Waals surface area contributed by atoms with Crippen LogP contribution in [-0.2, 0) is 0 Å². The molecule has 0 aromatic heterocycles. The van der Waals surface area contributed by atoms with Gasteiger partial charge >= 0.3 is 0 Å². The lowest BCUT2D eigenvalue weighted by molar-refractivity contribution is 0.551. The van der Waals surface area contributed by atoms with Gasteiger partial charge in [0.1, 0.15) is 0 Å². The van der Waals surface area contributed by atoms with Crippen LogP contribution in [0, 0.1) is 0 Å². The first-order chi connectivity index (χ1) is 7.27. The molecule has 1 nitrogen and oxygen atoms in total. The lowest BCUT2D eigenvalue weighted by Gasteiger charge is -2.16. The highest BCUT2D eigenvalue weighted by Crippen LogP contribution is 2.26. The van der Waals surface area contributed by atoms with Crippen LogP contribution >= 0.6 is 11.6 Å². The van der Waals surface area contributed by atoms with Gasteiger partial charge in [0.25, 0.3) is 0 Å². The van der Waals surface area contributed by atoms with E-state index in [-0.39, 0.29) is 0 Å². The summed E-state index contributed by atoms with van der Waals surface area (Å²) in [5.41, 5.74) is 1.37. The van der Waals surface area contributed by atoms with Crippen LogP contribution in [0.4, 0.5) is 0 Å². The molecule has 1 aromatic rings. The summed E-state index contributed by atoms with van der Waals surface area (Å²) in [6.07, 6.45) is 3.65. The fourth-order valence-electron chi connectivity index (χ4n) is 1.91. The smallest absolute Gasteiger partial charge is 0.0408 e. The third-order valence-corrected chi connectivity index (χ3v) is 2.94. The number of nitrogens with one attached hydrogen (secondary N) is 1. The van der Waals surface area contributed by atoms with Gasteiger partial charge in [-0.25, -0.2) is 0 Å². The van der Waals surface area contributed by atoms with Crippen molar-refractivity contribution in [1.29, 1.82) is 0 Å². The van der Waals surface area contributed by atoms with Crippen molar-refractivity contribution < 1.29 is 0 Å². The van der Waals surface area contributed by atoms with Crippen molar-refractivity contribution in [3.8, 4) is 0 Å². The zero-order valence-electron chi connectivity index (χ0n) is 9.59. The minimum Gasteiger partial charge on any atom is -0.320 e. The van der Waals surface area contributed by atoms with E-state index in [9.17, 15) is 0 Å². The third-order valence-electron chi connectivity index (χ3n) is 2.70. The first kappa shape index (κ1) is 12.5. The molecule has 2 heteroatoms. The lowest BCUT2D eigenvalue weighted by Crippen LogP contribution is -2.12. The molecule has 0 saturated heterocycles. The topological polar surface area (TPSA) is 12.0 Å². The Hall–Kier alpha value is -0.530. The van der Waals surface area contributed by atoms with E-state index in [1.54, 1.807) is 0 Å². The van der Waals surface area contributed by atoms with Crippen LogP contribution in [0.1, 0.15) is 37.7 Å². The molecule has 1 aromatic carbocycles. The Morgan fingerprint density at radius 1 is 1.33 bits per heavy atom. The predicted molar refractivity (Wildman–Crippen MR) is 67.6 cm³/mol. The van der Waals surface area contributed by atoms with Crippen molar-refractivity contribution in [3.05, 3.63) is 34.9 Å². The van der Waals surface area contributed by atoms with Gasteiger partial charge < -0.3 is 5.32 Å². The maximum absolute atomic E-state index is 6.01. The highest BCUT2D eigenvalue weighted by atomic mass is 35.5. The van der Waals surface area contributed by atoms with Crippen LogP contribution in [0.2, 0.25) is 5.02 Å². The fraction of sp³-hybridized carbons (Fsp3) is 0.538. The van der Waals surface area contributed by atoms with Gasteiger partial charge in [0.15, 0.2) is 0 Å². The second-order valence-electron chi connectivity index (χ2n) is 3.93. The molecule has 0 bridgehead atoms. The number of benzene rings is 1. The molecular formula is C13H20ClN. The van der Waals surface area contributed by atoms with Gasteiger partial charge in [-0.1, -0.05) is 37.1 Å². The van der Waals surface area contributed by atoms with Gasteiger partial charge in [0, 0.05) is 5.02 Å². The molecule has 0 heterocycles. The molecule has 84 valence electrons. The molecule has 0 aliphatic rings. The van der Waals surface area contributed by atoms with Crippen molar-refractivity contribution >= 4 is 11.6 Å². The van der Waals surface area contributed by atoms with Crippen molar-refractivity contribution in [2.45, 2.75) is 32.1 Å². The SMILES string of the molecule is CCC[C@@H](CCNC)c1cccc(Cl)c1. The van der Waals surface area contributed by atoms with Gasteiger partial charge in [-0.2, -0.15) is 0 Å². The standard InChI is InChI=1S/C13H20ClN/c1-3-5-11(8-9-15-2)12-6-4-7-13(14)10-12/h4,6-7,10-11,15H,3,5,8-9H2,1-2H3/t11-/m0/s1. The Kier molecular flexibility index (Phi) is 5.74. The largest absolute Gasteiger partial charge is 0.320 e. The van der Waals surface area contributed by atoms with Crippen LogP contribution < -0.4 is 5.32 Å². The number of rotatable bonds is 6. The second-order valence-corrected chi connectivity index (χ2v) is 4.37. The summed E-state index contributed by atoms with van der Waals surface area (Å²) in [7, 11) is 2.00. The number of hydrogen-bond donors (Lipinski definition) is 1. The van der Waals surface area contributed by atoms with E-state index >= 15 is 0 Å². The molecule has 0 amide bonds. The van der Waals surface area contributed by atoms with Gasteiger partial charge in [-0.3, -0.25) is 0 Å². The van der Waals surface area contributed by atoms with E-state index in [2.05, 4.69) is 24.4 Å². The summed E-state index contributed by atoms with van der Waals surface area (Å²) in [5, 5.41) is 4.05.